The minimum Gasteiger partial charge on any atom is -0.426 e. The Bertz CT molecular complexity index is 1530. The van der Waals surface area contributed by atoms with Gasteiger partial charge >= 0.3 is 5.97 Å². The Hall–Kier alpha value is -4.34. The number of carbonyl (C=O) groups excluding carboxylic acids is 4. The van der Waals surface area contributed by atoms with Crippen LogP contribution in [0.15, 0.2) is 48.6 Å². The lowest BCUT2D eigenvalue weighted by atomic mass is 9.63. The molecule has 0 radical (unpaired) electrons. The van der Waals surface area contributed by atoms with Crippen LogP contribution in [0.2, 0.25) is 0 Å². The smallest absolute Gasteiger partial charge is 0.316 e. The van der Waals surface area contributed by atoms with Gasteiger partial charge in [-0.1, -0.05) is 18.2 Å². The quantitative estimate of drug-likeness (QED) is 0.141. The summed E-state index contributed by atoms with van der Waals surface area (Å²) in [6, 6.07) is 9.36. The van der Waals surface area contributed by atoms with Crippen molar-refractivity contribution in [1.82, 2.24) is 0 Å². The molecule has 0 N–H and O–H groups in total. The maximum absolute atomic E-state index is 13.5. The second-order valence-electron chi connectivity index (χ2n) is 11.7. The molecule has 0 aromatic heterocycles. The van der Waals surface area contributed by atoms with Gasteiger partial charge in [0, 0.05) is 24.6 Å². The minimum absolute atomic E-state index is 0.0485. The first-order chi connectivity index (χ1) is 19.1. The number of ether oxygens (including phenoxy) is 1. The maximum Gasteiger partial charge on any atom is 0.316 e. The molecule has 3 amide bonds. The van der Waals surface area contributed by atoms with Gasteiger partial charge in [-0.25, -0.2) is 4.90 Å². The number of hydrogen-bond acceptors (Lipinski definition) is 7. The average Bonchev–Trinajstić information content (AvgIpc) is 3.60. The van der Waals surface area contributed by atoms with Crippen molar-refractivity contribution >= 4 is 40.8 Å². The lowest BCUT2D eigenvalue weighted by Crippen LogP contribution is -2.40. The summed E-state index contributed by atoms with van der Waals surface area (Å²) in [5.41, 5.74) is 1.88. The van der Waals surface area contributed by atoms with Crippen molar-refractivity contribution < 1.29 is 28.8 Å². The van der Waals surface area contributed by atoms with Crippen LogP contribution < -0.4 is 14.5 Å². The molecule has 8 rings (SSSR count). The average molecular weight is 542 g/mol. The molecule has 2 saturated heterocycles. The van der Waals surface area contributed by atoms with Crippen LogP contribution in [0.25, 0.3) is 0 Å². The summed E-state index contributed by atoms with van der Waals surface area (Å²) >= 11 is 0. The molecule has 4 fully saturated rings. The van der Waals surface area contributed by atoms with Crippen LogP contribution in [0.1, 0.15) is 24.0 Å². The standard InChI is InChI=1S/C30H27N3O7/c1-14-3-4-17(11-24(14)33(38)39)31-13-16(10-25(31)34)30(37)40-18-5-8-23(15(2)9-18)32-28(35)26-19-6-7-20(22-12-21(19)22)27(26)29(32)36/h3-9,11,16,19-22,26-27H,10,12-13H2,1-2H3/t16-,19+,20+,21+,22+,26-,27+/m1/s1. The van der Waals surface area contributed by atoms with E-state index in [1.165, 1.54) is 15.9 Å². The number of nitro benzene ring substituents is 1. The number of rotatable bonds is 5. The number of anilines is 2. The zero-order valence-corrected chi connectivity index (χ0v) is 22.0. The second-order valence-corrected chi connectivity index (χ2v) is 11.7. The third kappa shape index (κ3) is 3.54. The van der Waals surface area contributed by atoms with Crippen LogP contribution >= 0.6 is 0 Å². The van der Waals surface area contributed by atoms with Gasteiger partial charge in [0.1, 0.15) is 5.75 Å². The highest BCUT2D eigenvalue weighted by molar-refractivity contribution is 6.23. The van der Waals surface area contributed by atoms with Crippen LogP contribution in [0, 0.1) is 65.4 Å². The van der Waals surface area contributed by atoms with Crippen molar-refractivity contribution in [3.8, 4) is 5.75 Å². The van der Waals surface area contributed by atoms with Crippen molar-refractivity contribution in [3.63, 3.8) is 0 Å². The normalized spacial score (nSPS) is 31.4. The molecule has 204 valence electrons. The molecule has 2 aromatic carbocycles. The second kappa shape index (κ2) is 8.58. The number of amides is 3. The molecule has 4 aliphatic carbocycles. The number of imide groups is 1. The molecule has 2 saturated carbocycles. The van der Waals surface area contributed by atoms with Crippen molar-refractivity contribution in [2.75, 3.05) is 16.3 Å². The fraction of sp³-hybridized carbons (Fsp3) is 0.400. The van der Waals surface area contributed by atoms with E-state index in [0.717, 1.165) is 6.42 Å². The van der Waals surface area contributed by atoms with Crippen LogP contribution in [-0.2, 0) is 19.2 Å². The topological polar surface area (TPSA) is 127 Å². The van der Waals surface area contributed by atoms with E-state index in [9.17, 15) is 29.3 Å². The molecular formula is C30H27N3O7. The van der Waals surface area contributed by atoms with E-state index in [1.54, 1.807) is 44.2 Å². The fourth-order valence-corrected chi connectivity index (χ4v) is 7.41. The van der Waals surface area contributed by atoms with Crippen molar-refractivity contribution in [2.45, 2.75) is 26.7 Å². The molecule has 2 aliphatic heterocycles. The van der Waals surface area contributed by atoms with Gasteiger partial charge in [-0.15, -0.1) is 0 Å². The summed E-state index contributed by atoms with van der Waals surface area (Å²) in [7, 11) is 0. The number of nitro groups is 1. The molecular weight excluding hydrogens is 514 g/mol. The number of hydrogen-bond donors (Lipinski definition) is 0. The molecule has 2 heterocycles. The molecule has 7 atom stereocenters. The third-order valence-electron chi connectivity index (χ3n) is 9.45. The van der Waals surface area contributed by atoms with Gasteiger partial charge in [-0.05, 0) is 73.8 Å². The van der Waals surface area contributed by atoms with E-state index >= 15 is 0 Å². The predicted molar refractivity (Wildman–Crippen MR) is 142 cm³/mol. The van der Waals surface area contributed by atoms with Crippen molar-refractivity contribution in [3.05, 3.63) is 69.8 Å². The maximum atomic E-state index is 13.5. The lowest BCUT2D eigenvalue weighted by molar-refractivity contribution is -0.385. The lowest BCUT2D eigenvalue weighted by Gasteiger charge is -2.37. The van der Waals surface area contributed by atoms with Gasteiger partial charge in [-0.2, -0.15) is 0 Å². The summed E-state index contributed by atoms with van der Waals surface area (Å²) in [6.45, 7) is 3.44. The van der Waals surface area contributed by atoms with E-state index in [4.69, 9.17) is 4.74 Å². The van der Waals surface area contributed by atoms with E-state index in [1.807, 2.05) is 0 Å². The Balaban J connectivity index is 1.06. The van der Waals surface area contributed by atoms with E-state index < -0.39 is 16.8 Å². The van der Waals surface area contributed by atoms with Crippen LogP contribution in [-0.4, -0.2) is 35.2 Å². The SMILES string of the molecule is Cc1cc(OC(=O)[C@@H]2CC(=O)N(c3ccc(C)c([N+](=O)[O-])c3)C2)ccc1N1C(=O)[C@@H]2[C@H]3C=C[C@@H]([C@@H]4C[C@@H]34)[C@@H]2C1=O. The highest BCUT2D eigenvalue weighted by atomic mass is 16.6. The van der Waals surface area contributed by atoms with Crippen molar-refractivity contribution in [1.29, 1.82) is 0 Å². The van der Waals surface area contributed by atoms with E-state index in [2.05, 4.69) is 12.2 Å². The first-order valence-corrected chi connectivity index (χ1v) is 13.6. The minimum atomic E-state index is -0.743. The Labute approximate surface area is 229 Å². The zero-order chi connectivity index (χ0) is 28.0. The fourth-order valence-electron chi connectivity index (χ4n) is 7.41. The van der Waals surface area contributed by atoms with Crippen LogP contribution in [0.5, 0.6) is 5.75 Å². The van der Waals surface area contributed by atoms with Crippen LogP contribution in [0.4, 0.5) is 17.1 Å². The molecule has 2 bridgehead atoms. The number of benzene rings is 2. The van der Waals surface area contributed by atoms with Gasteiger partial charge in [0.2, 0.25) is 17.7 Å². The molecule has 6 aliphatic rings. The Morgan fingerprint density at radius 1 is 0.950 bits per heavy atom. The molecule has 10 heteroatoms. The number of allylic oxidation sites excluding steroid dienone is 2. The first kappa shape index (κ1) is 24.7. The summed E-state index contributed by atoms with van der Waals surface area (Å²) in [5, 5.41) is 11.3. The monoisotopic (exact) mass is 541 g/mol. The summed E-state index contributed by atoms with van der Waals surface area (Å²) in [6.07, 6.45) is 5.30. The number of aryl methyl sites for hydroxylation is 2. The summed E-state index contributed by atoms with van der Waals surface area (Å²) < 4.78 is 5.60. The number of nitrogens with zero attached hydrogens (tertiary/aromatic N) is 3. The molecule has 10 nitrogen and oxygen atoms in total. The first-order valence-electron chi connectivity index (χ1n) is 13.6. The Morgan fingerprint density at radius 2 is 1.62 bits per heavy atom. The Morgan fingerprint density at radius 3 is 2.25 bits per heavy atom. The largest absolute Gasteiger partial charge is 0.426 e. The third-order valence-corrected chi connectivity index (χ3v) is 9.45. The predicted octanol–water partition coefficient (Wildman–Crippen LogP) is 3.73. The molecule has 40 heavy (non-hydrogen) atoms. The van der Waals surface area contributed by atoms with Gasteiger partial charge in [0.25, 0.3) is 5.69 Å². The highest BCUT2D eigenvalue weighted by Gasteiger charge is 2.67. The van der Waals surface area contributed by atoms with Gasteiger partial charge < -0.3 is 9.64 Å². The zero-order valence-electron chi connectivity index (χ0n) is 22.0. The van der Waals surface area contributed by atoms with E-state index in [-0.39, 0.29) is 65.8 Å². The molecule has 0 unspecified atom stereocenters. The molecule has 2 aromatic rings. The van der Waals surface area contributed by atoms with Gasteiger partial charge in [0.15, 0.2) is 0 Å². The Kier molecular flexibility index (Phi) is 5.29. The number of esters is 1. The highest BCUT2D eigenvalue weighted by Crippen LogP contribution is 2.65. The number of carbonyl (C=O) groups is 4. The van der Waals surface area contributed by atoms with Crippen molar-refractivity contribution in [2.24, 2.45) is 41.4 Å². The van der Waals surface area contributed by atoms with Gasteiger partial charge in [0.05, 0.1) is 34.1 Å². The summed E-state index contributed by atoms with van der Waals surface area (Å²) in [5.74, 6) is -0.946. The van der Waals surface area contributed by atoms with Crippen LogP contribution in [0.3, 0.4) is 0 Å². The summed E-state index contributed by atoms with van der Waals surface area (Å²) in [4.78, 5) is 66.1. The van der Waals surface area contributed by atoms with E-state index in [0.29, 0.717) is 34.3 Å². The molecule has 0 spiro atoms. The van der Waals surface area contributed by atoms with Gasteiger partial charge in [-0.3, -0.25) is 29.3 Å².